The fraction of sp³-hybridized carbons (Fsp3) is 0.364. The summed E-state index contributed by atoms with van der Waals surface area (Å²) in [5.41, 5.74) is 2.75. The molecule has 1 aromatic carbocycles. The molecule has 3 aromatic rings. The van der Waals surface area contributed by atoms with Crippen LogP contribution in [0.4, 0.5) is 9.18 Å². The van der Waals surface area contributed by atoms with Crippen molar-refractivity contribution >= 4 is 17.9 Å². The first-order valence-corrected chi connectivity index (χ1v) is 9.78. The number of fused-ring (bicyclic) bond motifs is 1. The third kappa shape index (κ3) is 5.40. The van der Waals surface area contributed by atoms with E-state index in [-0.39, 0.29) is 6.54 Å². The molecule has 0 saturated heterocycles. The van der Waals surface area contributed by atoms with Gasteiger partial charge in [0.15, 0.2) is 0 Å². The van der Waals surface area contributed by atoms with E-state index >= 15 is 0 Å². The fourth-order valence-electron chi connectivity index (χ4n) is 3.05. The molecule has 0 spiro atoms. The van der Waals surface area contributed by atoms with Gasteiger partial charge in [-0.2, -0.15) is 5.10 Å². The van der Waals surface area contributed by atoms with Crippen molar-refractivity contribution < 1.29 is 18.7 Å². The van der Waals surface area contributed by atoms with E-state index in [2.05, 4.69) is 15.4 Å². The Hall–Kier alpha value is -3.29. The predicted octanol–water partition coefficient (Wildman–Crippen LogP) is 4.08. The van der Waals surface area contributed by atoms with Crippen molar-refractivity contribution in [1.29, 1.82) is 0 Å². The van der Waals surface area contributed by atoms with Gasteiger partial charge in [-0.3, -0.25) is 0 Å². The number of unbranched alkanes of at least 4 members (excludes halogenated alkanes) is 1. The first-order chi connectivity index (χ1) is 14.3. The number of benzene rings is 1. The summed E-state index contributed by atoms with van der Waals surface area (Å²) in [5.74, 6) is -0.446. The summed E-state index contributed by atoms with van der Waals surface area (Å²) in [6.07, 6.45) is 5.65. The second kappa shape index (κ2) is 9.02. The molecule has 8 heteroatoms. The van der Waals surface area contributed by atoms with Crippen molar-refractivity contribution in [3.8, 4) is 11.3 Å². The van der Waals surface area contributed by atoms with Crippen molar-refractivity contribution in [3.05, 3.63) is 53.7 Å². The van der Waals surface area contributed by atoms with Crippen LogP contribution in [0.1, 0.15) is 44.7 Å². The smallest absolute Gasteiger partial charge is 0.407 e. The normalized spacial score (nSPS) is 11.5. The molecule has 0 aliphatic carbocycles. The molecule has 30 heavy (non-hydrogen) atoms. The van der Waals surface area contributed by atoms with E-state index in [9.17, 15) is 14.0 Å². The van der Waals surface area contributed by atoms with Gasteiger partial charge in [-0.1, -0.05) is 12.1 Å². The van der Waals surface area contributed by atoms with Crippen molar-refractivity contribution in [1.82, 2.24) is 19.9 Å². The van der Waals surface area contributed by atoms with Crippen molar-refractivity contribution in [2.24, 2.45) is 0 Å². The number of ether oxygens (including phenoxy) is 1. The lowest BCUT2D eigenvalue weighted by atomic mass is 10.1. The number of halogens is 1. The molecule has 0 aliphatic rings. The first kappa shape index (κ1) is 21.4. The second-order valence-electron chi connectivity index (χ2n) is 8.01. The molecular weight excluding hydrogens is 387 g/mol. The molecule has 0 atom stereocenters. The van der Waals surface area contributed by atoms with Gasteiger partial charge in [0.05, 0.1) is 11.2 Å². The Morgan fingerprint density at radius 1 is 1.30 bits per heavy atom. The van der Waals surface area contributed by atoms with E-state index in [0.717, 1.165) is 30.2 Å². The van der Waals surface area contributed by atoms with E-state index in [1.165, 1.54) is 12.4 Å². The lowest BCUT2D eigenvalue weighted by Crippen LogP contribution is -2.32. The number of carbonyl (C=O) groups is 2. The number of rotatable bonds is 7. The molecule has 0 fully saturated rings. The van der Waals surface area contributed by atoms with Crippen LogP contribution in [0.5, 0.6) is 0 Å². The van der Waals surface area contributed by atoms with E-state index < -0.39 is 17.5 Å². The summed E-state index contributed by atoms with van der Waals surface area (Å²) >= 11 is 0. The Morgan fingerprint density at radius 3 is 2.80 bits per heavy atom. The molecule has 2 heterocycles. The molecule has 0 saturated carbocycles. The van der Waals surface area contributed by atoms with Gasteiger partial charge in [0.2, 0.25) is 0 Å². The number of nitrogens with zero attached hydrogens (tertiary/aromatic N) is 3. The summed E-state index contributed by atoms with van der Waals surface area (Å²) < 4.78 is 21.5. The largest absolute Gasteiger partial charge is 0.444 e. The van der Waals surface area contributed by atoms with Gasteiger partial charge < -0.3 is 14.8 Å². The van der Waals surface area contributed by atoms with Gasteiger partial charge in [0.25, 0.3) is 0 Å². The van der Waals surface area contributed by atoms with Crippen LogP contribution < -0.4 is 5.32 Å². The summed E-state index contributed by atoms with van der Waals surface area (Å²) in [6.45, 7) is 5.31. The van der Waals surface area contributed by atoms with Crippen LogP contribution in [0.3, 0.4) is 0 Å². The molecule has 2 aromatic heterocycles. The monoisotopic (exact) mass is 412 g/mol. The number of aromatic nitrogens is 3. The van der Waals surface area contributed by atoms with Gasteiger partial charge in [-0.15, -0.1) is 0 Å². The van der Waals surface area contributed by atoms with E-state index in [0.29, 0.717) is 23.2 Å². The van der Waals surface area contributed by atoms with Crippen molar-refractivity contribution in [3.63, 3.8) is 0 Å². The molecule has 3 rings (SSSR count). The van der Waals surface area contributed by atoms with Gasteiger partial charge in [0, 0.05) is 30.3 Å². The number of aldehydes is 1. The van der Waals surface area contributed by atoms with E-state index in [1.54, 1.807) is 37.4 Å². The molecule has 158 valence electrons. The number of nitrogens with one attached hydrogen (secondary N) is 1. The lowest BCUT2D eigenvalue weighted by molar-refractivity contribution is -0.107. The maximum absolute atomic E-state index is 14.7. The molecule has 1 amide bonds. The average molecular weight is 412 g/mol. The number of hydrogen-bond donors (Lipinski definition) is 1. The summed E-state index contributed by atoms with van der Waals surface area (Å²) in [4.78, 5) is 26.6. The summed E-state index contributed by atoms with van der Waals surface area (Å²) in [6, 6.07) is 6.73. The molecule has 0 radical (unpaired) electrons. The molecular formula is C22H25FN4O3. The molecule has 1 N–H and O–H groups in total. The second-order valence-corrected chi connectivity index (χ2v) is 8.01. The van der Waals surface area contributed by atoms with Crippen LogP contribution in [0.25, 0.3) is 16.8 Å². The van der Waals surface area contributed by atoms with Gasteiger partial charge in [-0.05, 0) is 51.3 Å². The zero-order valence-corrected chi connectivity index (χ0v) is 17.3. The zero-order valence-electron chi connectivity index (χ0n) is 17.3. The fourth-order valence-corrected chi connectivity index (χ4v) is 3.05. The van der Waals surface area contributed by atoms with Crippen LogP contribution in [-0.4, -0.2) is 32.6 Å². The Labute approximate surface area is 174 Å². The summed E-state index contributed by atoms with van der Waals surface area (Å²) in [7, 11) is 0. The van der Waals surface area contributed by atoms with Crippen LogP contribution in [0.2, 0.25) is 0 Å². The minimum atomic E-state index is -0.617. The van der Waals surface area contributed by atoms with Gasteiger partial charge in [-0.25, -0.2) is 18.7 Å². The maximum Gasteiger partial charge on any atom is 0.407 e. The lowest BCUT2D eigenvalue weighted by Gasteiger charge is -2.19. The predicted molar refractivity (Wildman–Crippen MR) is 110 cm³/mol. The molecule has 0 aliphatic heterocycles. The Balaban J connectivity index is 1.78. The highest BCUT2D eigenvalue weighted by Crippen LogP contribution is 2.25. The Bertz CT molecular complexity index is 1060. The minimum absolute atomic E-state index is 0.0201. The first-order valence-electron chi connectivity index (χ1n) is 9.78. The topological polar surface area (TPSA) is 85.6 Å². The Morgan fingerprint density at radius 2 is 2.10 bits per heavy atom. The quantitative estimate of drug-likeness (QED) is 0.467. The van der Waals surface area contributed by atoms with E-state index in [1.807, 2.05) is 12.3 Å². The van der Waals surface area contributed by atoms with Gasteiger partial charge >= 0.3 is 6.09 Å². The highest BCUT2D eigenvalue weighted by atomic mass is 19.1. The highest BCUT2D eigenvalue weighted by Gasteiger charge is 2.17. The van der Waals surface area contributed by atoms with E-state index in [4.69, 9.17) is 4.74 Å². The maximum atomic E-state index is 14.7. The molecule has 0 bridgehead atoms. The molecule has 0 unspecified atom stereocenters. The SMILES string of the molecule is CC(C)(C)OC(=O)NCc1ccc(-c2ncnn3cc(CCCC=O)cc23)cc1F. The third-order valence-electron chi connectivity index (χ3n) is 4.40. The zero-order chi connectivity index (χ0) is 21.7. The van der Waals surface area contributed by atoms with Crippen LogP contribution in [-0.2, 0) is 22.5 Å². The highest BCUT2D eigenvalue weighted by molar-refractivity contribution is 5.77. The van der Waals surface area contributed by atoms with Gasteiger partial charge in [0.1, 0.15) is 24.0 Å². The summed E-state index contributed by atoms with van der Waals surface area (Å²) in [5, 5.41) is 6.77. The van der Waals surface area contributed by atoms with Crippen LogP contribution in [0, 0.1) is 5.82 Å². The molecule has 7 nitrogen and oxygen atoms in total. The standard InChI is InChI=1S/C22H25FN4O3/c1-22(2,3)30-21(29)24-12-17-8-7-16(11-18(17)23)20-19-10-15(6-4-5-9-28)13-27(19)26-14-25-20/h7-11,13-14H,4-6,12H2,1-3H3,(H,24,29). The van der Waals surface area contributed by atoms with Crippen LogP contribution in [0.15, 0.2) is 36.8 Å². The van der Waals surface area contributed by atoms with Crippen molar-refractivity contribution in [2.45, 2.75) is 52.2 Å². The number of hydrogen-bond acceptors (Lipinski definition) is 5. The third-order valence-corrected chi connectivity index (χ3v) is 4.40. The number of carbonyl (C=O) groups excluding carboxylic acids is 2. The average Bonchev–Trinajstić information content (AvgIpc) is 3.08. The number of aryl methyl sites for hydroxylation is 1. The minimum Gasteiger partial charge on any atom is -0.444 e. The van der Waals surface area contributed by atoms with Crippen molar-refractivity contribution in [2.75, 3.05) is 0 Å². The number of amides is 1. The Kier molecular flexibility index (Phi) is 6.44. The number of alkyl carbamates (subject to hydrolysis) is 1. The van der Waals surface area contributed by atoms with Crippen LogP contribution >= 0.6 is 0 Å².